The van der Waals surface area contributed by atoms with Gasteiger partial charge in [0.25, 0.3) is 0 Å². The summed E-state index contributed by atoms with van der Waals surface area (Å²) in [5.41, 5.74) is 2.39. The topological polar surface area (TPSA) is 39.9 Å². The average molecular weight is 322 g/mol. The van der Waals surface area contributed by atoms with Crippen LogP contribution in [0.4, 0.5) is 0 Å². The monoisotopic (exact) mass is 321 g/mol. The molecular formula is C15H13Cl2N3O. The zero-order valence-electron chi connectivity index (χ0n) is 11.5. The number of imidazole rings is 1. The van der Waals surface area contributed by atoms with Gasteiger partial charge in [-0.15, -0.1) is 11.6 Å². The molecule has 1 atom stereocenters. The lowest BCUT2D eigenvalue weighted by Gasteiger charge is -2.10. The highest BCUT2D eigenvalue weighted by Gasteiger charge is 2.18. The first kappa shape index (κ1) is 14.2. The summed E-state index contributed by atoms with van der Waals surface area (Å²) in [6.07, 6.45) is 0. The fraction of sp³-hybridized carbons (Fsp3) is 0.200. The van der Waals surface area contributed by atoms with Gasteiger partial charge in [-0.3, -0.25) is 4.57 Å². The number of rotatable bonds is 3. The molecule has 0 N–H and O–H groups in total. The van der Waals surface area contributed by atoms with E-state index in [1.165, 1.54) is 0 Å². The summed E-state index contributed by atoms with van der Waals surface area (Å²) in [6.45, 7) is 1.88. The fourth-order valence-electron chi connectivity index (χ4n) is 2.18. The van der Waals surface area contributed by atoms with E-state index in [2.05, 4.69) is 9.97 Å². The van der Waals surface area contributed by atoms with Gasteiger partial charge in [0, 0.05) is 16.8 Å². The molecule has 21 heavy (non-hydrogen) atoms. The zero-order valence-corrected chi connectivity index (χ0v) is 13.1. The van der Waals surface area contributed by atoms with E-state index in [0.29, 0.717) is 16.5 Å². The van der Waals surface area contributed by atoms with E-state index in [0.717, 1.165) is 17.0 Å². The van der Waals surface area contributed by atoms with Crippen LogP contribution < -0.4 is 4.74 Å². The summed E-state index contributed by atoms with van der Waals surface area (Å²) in [5, 5.41) is 0.426. The Balaban J connectivity index is 2.30. The van der Waals surface area contributed by atoms with E-state index in [-0.39, 0.29) is 5.38 Å². The molecule has 0 saturated carbocycles. The molecule has 2 aromatic heterocycles. The van der Waals surface area contributed by atoms with Crippen LogP contribution in [0.3, 0.4) is 0 Å². The molecule has 0 aliphatic heterocycles. The van der Waals surface area contributed by atoms with Gasteiger partial charge >= 0.3 is 0 Å². The van der Waals surface area contributed by atoms with Crippen LogP contribution in [0.25, 0.3) is 16.9 Å². The molecule has 0 radical (unpaired) electrons. The van der Waals surface area contributed by atoms with Crippen molar-refractivity contribution in [3.8, 4) is 11.6 Å². The van der Waals surface area contributed by atoms with Crippen molar-refractivity contribution in [1.29, 1.82) is 0 Å². The van der Waals surface area contributed by atoms with Gasteiger partial charge in [0.2, 0.25) is 5.88 Å². The van der Waals surface area contributed by atoms with E-state index >= 15 is 0 Å². The molecule has 0 aliphatic rings. The number of fused-ring (bicyclic) bond motifs is 1. The summed E-state index contributed by atoms with van der Waals surface area (Å²) in [4.78, 5) is 9.05. The molecule has 0 saturated heterocycles. The van der Waals surface area contributed by atoms with E-state index in [1.54, 1.807) is 13.2 Å². The Kier molecular flexibility index (Phi) is 3.74. The highest BCUT2D eigenvalue weighted by molar-refractivity contribution is 6.30. The van der Waals surface area contributed by atoms with Crippen molar-refractivity contribution in [1.82, 2.24) is 14.5 Å². The van der Waals surface area contributed by atoms with Crippen LogP contribution in [0.5, 0.6) is 5.88 Å². The van der Waals surface area contributed by atoms with Crippen molar-refractivity contribution in [2.24, 2.45) is 0 Å². The molecule has 6 heteroatoms. The summed E-state index contributed by atoms with van der Waals surface area (Å²) >= 11 is 12.2. The lowest BCUT2D eigenvalue weighted by molar-refractivity contribution is 0.399. The molecule has 2 heterocycles. The fourth-order valence-corrected chi connectivity index (χ4v) is 2.46. The van der Waals surface area contributed by atoms with Gasteiger partial charge in [-0.2, -0.15) is 4.98 Å². The van der Waals surface area contributed by atoms with Crippen LogP contribution in [0.2, 0.25) is 5.02 Å². The van der Waals surface area contributed by atoms with Crippen molar-refractivity contribution < 1.29 is 4.74 Å². The largest absolute Gasteiger partial charge is 0.481 e. The van der Waals surface area contributed by atoms with Gasteiger partial charge in [0.1, 0.15) is 11.3 Å². The zero-order chi connectivity index (χ0) is 15.0. The minimum absolute atomic E-state index is 0.249. The van der Waals surface area contributed by atoms with Gasteiger partial charge in [-0.25, -0.2) is 4.98 Å². The summed E-state index contributed by atoms with van der Waals surface area (Å²) in [6, 6.07) is 11.1. The predicted octanol–water partition coefficient (Wildman–Crippen LogP) is 4.38. The van der Waals surface area contributed by atoms with Crippen LogP contribution in [-0.2, 0) is 0 Å². The summed E-state index contributed by atoms with van der Waals surface area (Å²) in [5.74, 6) is 1.26. The molecular weight excluding hydrogens is 309 g/mol. The SMILES string of the molecule is COc1ccc2nc(C(C)Cl)n(-c3ccc(Cl)cc3)c2n1. The quantitative estimate of drug-likeness (QED) is 0.672. The normalized spacial score (nSPS) is 12.6. The van der Waals surface area contributed by atoms with Gasteiger partial charge in [0.05, 0.1) is 12.5 Å². The molecule has 0 aliphatic carbocycles. The van der Waals surface area contributed by atoms with Crippen LogP contribution in [0.1, 0.15) is 18.1 Å². The molecule has 4 nitrogen and oxygen atoms in total. The van der Waals surface area contributed by atoms with Gasteiger partial charge in [-0.1, -0.05) is 11.6 Å². The first-order valence-corrected chi connectivity index (χ1v) is 7.25. The van der Waals surface area contributed by atoms with Crippen molar-refractivity contribution in [3.05, 3.63) is 47.2 Å². The maximum absolute atomic E-state index is 6.27. The molecule has 3 rings (SSSR count). The first-order chi connectivity index (χ1) is 10.1. The Morgan fingerprint density at radius 2 is 1.81 bits per heavy atom. The van der Waals surface area contributed by atoms with Crippen LogP contribution in [0.15, 0.2) is 36.4 Å². The van der Waals surface area contributed by atoms with E-state index in [1.807, 2.05) is 41.8 Å². The molecule has 0 fully saturated rings. The van der Waals surface area contributed by atoms with Crippen molar-refractivity contribution in [2.75, 3.05) is 7.11 Å². The Hall–Kier alpha value is -1.78. The maximum atomic E-state index is 6.27. The minimum Gasteiger partial charge on any atom is -0.481 e. The van der Waals surface area contributed by atoms with Gasteiger partial charge in [-0.05, 0) is 37.3 Å². The van der Waals surface area contributed by atoms with Crippen molar-refractivity contribution in [2.45, 2.75) is 12.3 Å². The molecule has 108 valence electrons. The summed E-state index contributed by atoms with van der Waals surface area (Å²) < 4.78 is 7.12. The number of hydrogen-bond acceptors (Lipinski definition) is 3. The van der Waals surface area contributed by atoms with Crippen LogP contribution >= 0.6 is 23.2 Å². The second-order valence-corrected chi connectivity index (χ2v) is 5.69. The van der Waals surface area contributed by atoms with Crippen molar-refractivity contribution in [3.63, 3.8) is 0 Å². The number of nitrogens with zero attached hydrogens (tertiary/aromatic N) is 3. The van der Waals surface area contributed by atoms with Crippen molar-refractivity contribution >= 4 is 34.4 Å². The lowest BCUT2D eigenvalue weighted by Crippen LogP contribution is -2.02. The maximum Gasteiger partial charge on any atom is 0.215 e. The number of methoxy groups -OCH3 is 1. The molecule has 3 aromatic rings. The third kappa shape index (κ3) is 2.57. The highest BCUT2D eigenvalue weighted by Crippen LogP contribution is 2.28. The van der Waals surface area contributed by atoms with Gasteiger partial charge in [0.15, 0.2) is 5.65 Å². The average Bonchev–Trinajstić information content (AvgIpc) is 2.86. The number of benzene rings is 1. The summed E-state index contributed by atoms with van der Waals surface area (Å²) in [7, 11) is 1.59. The third-order valence-electron chi connectivity index (χ3n) is 3.15. The number of hydrogen-bond donors (Lipinski definition) is 0. The number of pyridine rings is 1. The van der Waals surface area contributed by atoms with Crippen LogP contribution in [-0.4, -0.2) is 21.6 Å². The Labute approximate surface area is 132 Å². The number of aromatic nitrogens is 3. The standard InChI is InChI=1S/C15H13Cl2N3O/c1-9(16)14-18-12-7-8-13(21-2)19-15(12)20(14)11-5-3-10(17)4-6-11/h3-9H,1-2H3. The van der Waals surface area contributed by atoms with E-state index in [9.17, 15) is 0 Å². The van der Waals surface area contributed by atoms with E-state index < -0.39 is 0 Å². The number of halogens is 2. The Morgan fingerprint density at radius 3 is 2.43 bits per heavy atom. The minimum atomic E-state index is -0.249. The smallest absolute Gasteiger partial charge is 0.215 e. The van der Waals surface area contributed by atoms with Crippen LogP contribution in [0, 0.1) is 0 Å². The highest BCUT2D eigenvalue weighted by atomic mass is 35.5. The number of alkyl halides is 1. The second-order valence-electron chi connectivity index (χ2n) is 4.59. The molecule has 1 aromatic carbocycles. The van der Waals surface area contributed by atoms with E-state index in [4.69, 9.17) is 27.9 Å². The lowest BCUT2D eigenvalue weighted by atomic mass is 10.3. The Morgan fingerprint density at radius 1 is 1.10 bits per heavy atom. The molecule has 1 unspecified atom stereocenters. The molecule has 0 amide bonds. The number of ether oxygens (including phenoxy) is 1. The third-order valence-corrected chi connectivity index (χ3v) is 3.60. The second kappa shape index (κ2) is 5.54. The molecule has 0 bridgehead atoms. The predicted molar refractivity (Wildman–Crippen MR) is 84.7 cm³/mol. The molecule has 0 spiro atoms. The Bertz CT molecular complexity index is 781. The van der Waals surface area contributed by atoms with Gasteiger partial charge < -0.3 is 4.74 Å². The first-order valence-electron chi connectivity index (χ1n) is 6.43.